The van der Waals surface area contributed by atoms with Crippen molar-refractivity contribution in [2.75, 3.05) is 0 Å². The van der Waals surface area contributed by atoms with Crippen LogP contribution >= 0.6 is 39.1 Å². The second-order valence-electron chi connectivity index (χ2n) is 6.51. The third kappa shape index (κ3) is 4.79. The number of fused-ring (bicyclic) bond motifs is 1. The van der Waals surface area contributed by atoms with Gasteiger partial charge in [-0.05, 0) is 59.7 Å². The molecule has 0 unspecified atom stereocenters. The van der Waals surface area contributed by atoms with Crippen LogP contribution in [-0.2, 0) is 0 Å². The van der Waals surface area contributed by atoms with Gasteiger partial charge in [0.2, 0.25) is 0 Å². The highest BCUT2D eigenvalue weighted by Crippen LogP contribution is 2.27. The minimum Gasteiger partial charge on any atom is -0.248 e. The lowest BCUT2D eigenvalue weighted by Gasteiger charge is -2.05. The van der Waals surface area contributed by atoms with Crippen molar-refractivity contribution in [3.05, 3.63) is 110 Å². The van der Waals surface area contributed by atoms with E-state index < -0.39 is 0 Å². The van der Waals surface area contributed by atoms with Crippen molar-refractivity contribution in [3.63, 3.8) is 0 Å². The van der Waals surface area contributed by atoms with E-state index in [1.807, 2.05) is 60.7 Å². The van der Waals surface area contributed by atoms with Crippen LogP contribution in [0.15, 0.2) is 77.3 Å². The summed E-state index contributed by atoms with van der Waals surface area (Å²) in [5, 5.41) is 2.34. The van der Waals surface area contributed by atoms with E-state index in [1.165, 1.54) is 0 Å². The van der Waals surface area contributed by atoms with Crippen molar-refractivity contribution in [1.29, 1.82) is 0 Å². The molecule has 0 radical (unpaired) electrons. The molecule has 4 heteroatoms. The van der Waals surface area contributed by atoms with Gasteiger partial charge in [-0.1, -0.05) is 87.7 Å². The first-order valence-electron chi connectivity index (χ1n) is 9.06. The first-order valence-corrected chi connectivity index (χ1v) is 10.6. The number of benzene rings is 3. The quantitative estimate of drug-likeness (QED) is 0.284. The molecule has 0 N–H and O–H groups in total. The van der Waals surface area contributed by atoms with Gasteiger partial charge in [-0.2, -0.15) is 0 Å². The van der Waals surface area contributed by atoms with Crippen LogP contribution in [0.2, 0.25) is 10.0 Å². The number of nitrogens with zero attached hydrogens (tertiary/aromatic N) is 1. The molecule has 0 atom stereocenters. The van der Waals surface area contributed by atoms with Crippen LogP contribution in [0.5, 0.6) is 0 Å². The molecule has 142 valence electrons. The zero-order valence-electron chi connectivity index (χ0n) is 15.3. The molecule has 0 amide bonds. The number of hydrogen-bond donors (Lipinski definition) is 0. The van der Waals surface area contributed by atoms with Crippen molar-refractivity contribution < 1.29 is 0 Å². The van der Waals surface area contributed by atoms with Crippen molar-refractivity contribution in [2.24, 2.45) is 0 Å². The Labute approximate surface area is 188 Å². The van der Waals surface area contributed by atoms with E-state index in [4.69, 9.17) is 28.2 Å². The minimum absolute atomic E-state index is 0.616. The van der Waals surface area contributed by atoms with E-state index in [-0.39, 0.29) is 0 Å². The van der Waals surface area contributed by atoms with Crippen LogP contribution in [0.25, 0.3) is 35.2 Å². The smallest absolute Gasteiger partial charge is 0.0715 e. The van der Waals surface area contributed by atoms with E-state index in [0.717, 1.165) is 37.8 Å². The van der Waals surface area contributed by atoms with Crippen molar-refractivity contribution in [3.8, 4) is 0 Å². The largest absolute Gasteiger partial charge is 0.248 e. The predicted octanol–water partition coefficient (Wildman–Crippen LogP) is 8.64. The maximum absolute atomic E-state index is 6.28. The molecule has 3 aromatic carbocycles. The third-order valence-electron chi connectivity index (χ3n) is 4.51. The molecule has 0 spiro atoms. The van der Waals surface area contributed by atoms with Crippen LogP contribution in [0.3, 0.4) is 0 Å². The standard InChI is InChI=1S/C25H16BrCl2N/c26-19-12-9-17(10-13-19)8-11-18-16-20(29-25-7-2-1-4-21(18)25)14-15-22-23(27)5-3-6-24(22)28/h1-16H/b11-8+,15-14+. The maximum atomic E-state index is 6.28. The Bertz CT molecular complexity index is 1210. The Hall–Kier alpha value is -2.39. The van der Waals surface area contributed by atoms with Gasteiger partial charge in [-0.25, -0.2) is 4.98 Å². The van der Waals surface area contributed by atoms with E-state index in [1.54, 1.807) is 0 Å². The van der Waals surface area contributed by atoms with Gasteiger partial charge in [0.15, 0.2) is 0 Å². The van der Waals surface area contributed by atoms with Crippen LogP contribution in [0, 0.1) is 0 Å². The van der Waals surface area contributed by atoms with E-state index >= 15 is 0 Å². The summed E-state index contributed by atoms with van der Waals surface area (Å²) in [6, 6.07) is 23.9. The highest BCUT2D eigenvalue weighted by molar-refractivity contribution is 9.10. The average molecular weight is 481 g/mol. The van der Waals surface area contributed by atoms with Gasteiger partial charge in [-0.15, -0.1) is 0 Å². The monoisotopic (exact) mass is 479 g/mol. The molecular weight excluding hydrogens is 465 g/mol. The van der Waals surface area contributed by atoms with E-state index in [0.29, 0.717) is 10.0 Å². The number of hydrogen-bond acceptors (Lipinski definition) is 1. The number of halogens is 3. The SMILES string of the molecule is Clc1cccc(Cl)c1/C=C/c1cc(/C=C/c2ccc(Br)cc2)c2ccccc2n1. The highest BCUT2D eigenvalue weighted by atomic mass is 79.9. The number of rotatable bonds is 4. The van der Waals surface area contributed by atoms with Gasteiger partial charge in [0.25, 0.3) is 0 Å². The first kappa shape index (κ1) is 19.9. The van der Waals surface area contributed by atoms with Crippen molar-refractivity contribution >= 4 is 74.3 Å². The second kappa shape index (κ2) is 8.96. The second-order valence-corrected chi connectivity index (χ2v) is 8.24. The van der Waals surface area contributed by atoms with Crippen LogP contribution < -0.4 is 0 Å². The summed E-state index contributed by atoms with van der Waals surface area (Å²) in [6.45, 7) is 0. The zero-order chi connectivity index (χ0) is 20.2. The Balaban J connectivity index is 1.74. The van der Waals surface area contributed by atoms with Crippen molar-refractivity contribution in [2.45, 2.75) is 0 Å². The summed E-state index contributed by atoms with van der Waals surface area (Å²) >= 11 is 16.0. The summed E-state index contributed by atoms with van der Waals surface area (Å²) in [6.07, 6.45) is 8.07. The third-order valence-corrected chi connectivity index (χ3v) is 5.70. The summed E-state index contributed by atoms with van der Waals surface area (Å²) in [4.78, 5) is 4.76. The molecule has 0 saturated carbocycles. The normalized spacial score (nSPS) is 11.7. The lowest BCUT2D eigenvalue weighted by atomic mass is 10.1. The maximum Gasteiger partial charge on any atom is 0.0715 e. The fourth-order valence-corrected chi connectivity index (χ4v) is 3.83. The molecule has 4 aromatic rings. The van der Waals surface area contributed by atoms with Crippen molar-refractivity contribution in [1.82, 2.24) is 4.98 Å². The molecule has 0 aliphatic heterocycles. The lowest BCUT2D eigenvalue weighted by molar-refractivity contribution is 1.37. The molecule has 0 aliphatic rings. The first-order chi connectivity index (χ1) is 14.1. The fourth-order valence-electron chi connectivity index (χ4n) is 3.05. The lowest BCUT2D eigenvalue weighted by Crippen LogP contribution is -1.88. The molecule has 0 aliphatic carbocycles. The van der Waals surface area contributed by atoms with Crippen LogP contribution in [0.1, 0.15) is 22.4 Å². The van der Waals surface area contributed by atoms with Gasteiger partial charge in [0.05, 0.1) is 11.2 Å². The Morgan fingerprint density at radius 2 is 1.45 bits per heavy atom. The highest BCUT2D eigenvalue weighted by Gasteiger charge is 2.04. The molecule has 0 bridgehead atoms. The number of para-hydroxylation sites is 1. The fraction of sp³-hybridized carbons (Fsp3) is 0. The molecule has 0 fully saturated rings. The zero-order valence-corrected chi connectivity index (χ0v) is 18.4. The van der Waals surface area contributed by atoms with Crippen LogP contribution in [0.4, 0.5) is 0 Å². The molecule has 0 saturated heterocycles. The predicted molar refractivity (Wildman–Crippen MR) is 130 cm³/mol. The number of pyridine rings is 1. The molecule has 1 nitrogen and oxygen atoms in total. The average Bonchev–Trinajstić information content (AvgIpc) is 2.73. The van der Waals surface area contributed by atoms with Gasteiger partial charge in [0, 0.05) is 25.5 Å². The van der Waals surface area contributed by atoms with Gasteiger partial charge >= 0.3 is 0 Å². The summed E-state index contributed by atoms with van der Waals surface area (Å²) in [7, 11) is 0. The number of aromatic nitrogens is 1. The minimum atomic E-state index is 0.616. The molecular formula is C25H16BrCl2N. The summed E-state index contributed by atoms with van der Waals surface area (Å²) in [5.74, 6) is 0. The Kier molecular flexibility index (Phi) is 6.15. The molecule has 1 aromatic heterocycles. The van der Waals surface area contributed by atoms with Gasteiger partial charge < -0.3 is 0 Å². The topological polar surface area (TPSA) is 12.9 Å². The molecule has 1 heterocycles. The Morgan fingerprint density at radius 3 is 2.21 bits per heavy atom. The van der Waals surface area contributed by atoms with Crippen LogP contribution in [-0.4, -0.2) is 4.98 Å². The van der Waals surface area contributed by atoms with Gasteiger partial charge in [-0.3, -0.25) is 0 Å². The summed E-state index contributed by atoms with van der Waals surface area (Å²) in [5.41, 5.74) is 4.81. The molecule has 29 heavy (non-hydrogen) atoms. The summed E-state index contributed by atoms with van der Waals surface area (Å²) < 4.78 is 1.06. The Morgan fingerprint density at radius 1 is 0.724 bits per heavy atom. The molecule has 4 rings (SSSR count). The van der Waals surface area contributed by atoms with E-state index in [9.17, 15) is 0 Å². The van der Waals surface area contributed by atoms with E-state index in [2.05, 4.69) is 52.3 Å². The van der Waals surface area contributed by atoms with Gasteiger partial charge in [0.1, 0.15) is 0 Å².